The third kappa shape index (κ3) is 4.69. The summed E-state index contributed by atoms with van der Waals surface area (Å²) in [4.78, 5) is 15.6. The Morgan fingerprint density at radius 3 is 2.05 bits per heavy atom. The van der Waals surface area contributed by atoms with Crippen molar-refractivity contribution in [3.05, 3.63) is 48.5 Å². The summed E-state index contributed by atoms with van der Waals surface area (Å²) in [6.07, 6.45) is 0. The van der Waals surface area contributed by atoms with Crippen molar-refractivity contribution in [2.24, 2.45) is 0 Å². The Labute approximate surface area is 134 Å². The number of carbonyl (C=O) groups excluding carboxylic acids is 1. The molecule has 0 saturated heterocycles. The number of nitrogens with one attached hydrogen (secondary N) is 1. The van der Waals surface area contributed by atoms with Gasteiger partial charge in [-0.15, -0.1) is 11.6 Å². The van der Waals surface area contributed by atoms with Gasteiger partial charge in [-0.1, -0.05) is 11.8 Å². The Balaban J connectivity index is 2.01. The average Bonchev–Trinajstić information content (AvgIpc) is 2.49. The monoisotopic (exact) mass is 320 g/mol. The number of amides is 1. The van der Waals surface area contributed by atoms with E-state index in [1.165, 1.54) is 10.6 Å². The van der Waals surface area contributed by atoms with Crippen LogP contribution in [0.15, 0.2) is 58.3 Å². The van der Waals surface area contributed by atoms with Crippen LogP contribution in [0.3, 0.4) is 0 Å². The zero-order chi connectivity index (χ0) is 15.2. The van der Waals surface area contributed by atoms with Gasteiger partial charge in [-0.05, 0) is 48.5 Å². The predicted octanol–water partition coefficient (Wildman–Crippen LogP) is 4.08. The molecule has 0 bridgehead atoms. The number of halogens is 1. The zero-order valence-corrected chi connectivity index (χ0v) is 13.5. The molecule has 3 nitrogen and oxygen atoms in total. The summed E-state index contributed by atoms with van der Waals surface area (Å²) in [6, 6.07) is 16.1. The molecule has 0 unspecified atom stereocenters. The van der Waals surface area contributed by atoms with E-state index in [2.05, 4.69) is 34.5 Å². The minimum absolute atomic E-state index is 0.0330. The fourth-order valence-corrected chi connectivity index (χ4v) is 2.63. The highest BCUT2D eigenvalue weighted by molar-refractivity contribution is 7.99. The normalized spacial score (nSPS) is 10.2. The van der Waals surface area contributed by atoms with E-state index in [4.69, 9.17) is 11.6 Å². The summed E-state index contributed by atoms with van der Waals surface area (Å²) in [5.74, 6) is -0.231. The summed E-state index contributed by atoms with van der Waals surface area (Å²) >= 11 is 7.14. The van der Waals surface area contributed by atoms with Crippen molar-refractivity contribution < 1.29 is 4.79 Å². The lowest BCUT2D eigenvalue weighted by molar-refractivity contribution is -0.113. The Morgan fingerprint density at radius 1 is 1.05 bits per heavy atom. The van der Waals surface area contributed by atoms with Gasteiger partial charge in [0.15, 0.2) is 0 Å². The third-order valence-electron chi connectivity index (χ3n) is 2.85. The molecule has 0 radical (unpaired) electrons. The van der Waals surface area contributed by atoms with Gasteiger partial charge in [0.1, 0.15) is 5.88 Å². The van der Waals surface area contributed by atoms with Crippen molar-refractivity contribution in [2.75, 3.05) is 30.2 Å². The van der Waals surface area contributed by atoms with Crippen LogP contribution < -0.4 is 10.2 Å². The number of nitrogens with zero attached hydrogens (tertiary/aromatic N) is 1. The maximum Gasteiger partial charge on any atom is 0.239 e. The SMILES string of the molecule is CN(C)c1ccc(Sc2ccc(NC(=O)CCl)cc2)cc1. The van der Waals surface area contributed by atoms with Crippen LogP contribution in [0.1, 0.15) is 0 Å². The average molecular weight is 321 g/mol. The standard InChI is InChI=1S/C16H17ClN2OS/c1-19(2)13-5-9-15(10-6-13)21-14-7-3-12(4-8-14)18-16(20)11-17/h3-10H,11H2,1-2H3,(H,18,20). The van der Waals surface area contributed by atoms with E-state index in [0.29, 0.717) is 0 Å². The summed E-state index contributed by atoms with van der Waals surface area (Å²) < 4.78 is 0. The highest BCUT2D eigenvalue weighted by atomic mass is 35.5. The lowest BCUT2D eigenvalue weighted by Gasteiger charge is -2.12. The Morgan fingerprint density at radius 2 is 1.57 bits per heavy atom. The van der Waals surface area contributed by atoms with E-state index in [1.807, 2.05) is 38.4 Å². The molecule has 0 saturated carbocycles. The van der Waals surface area contributed by atoms with Crippen LogP contribution in [0.25, 0.3) is 0 Å². The molecule has 5 heteroatoms. The molecule has 1 amide bonds. The number of hydrogen-bond donors (Lipinski definition) is 1. The van der Waals surface area contributed by atoms with Crippen LogP contribution in [0.5, 0.6) is 0 Å². The Hall–Kier alpha value is -1.65. The second-order valence-corrected chi connectivity index (χ2v) is 6.11. The number of carbonyl (C=O) groups is 1. The molecule has 2 rings (SSSR count). The van der Waals surface area contributed by atoms with E-state index < -0.39 is 0 Å². The van der Waals surface area contributed by atoms with Gasteiger partial charge in [0, 0.05) is 35.3 Å². The lowest BCUT2D eigenvalue weighted by Crippen LogP contribution is -2.12. The fraction of sp³-hybridized carbons (Fsp3) is 0.188. The van der Waals surface area contributed by atoms with Gasteiger partial charge in [0.05, 0.1) is 0 Å². The van der Waals surface area contributed by atoms with Crippen molar-refractivity contribution in [2.45, 2.75) is 9.79 Å². The molecule has 0 heterocycles. The van der Waals surface area contributed by atoms with Gasteiger partial charge in [0.25, 0.3) is 0 Å². The molecule has 0 spiro atoms. The third-order valence-corrected chi connectivity index (χ3v) is 4.11. The van der Waals surface area contributed by atoms with Gasteiger partial charge < -0.3 is 10.2 Å². The number of hydrogen-bond acceptors (Lipinski definition) is 3. The van der Waals surface area contributed by atoms with E-state index in [9.17, 15) is 4.79 Å². The van der Waals surface area contributed by atoms with E-state index >= 15 is 0 Å². The molecular formula is C16H17ClN2OS. The first-order chi connectivity index (χ1) is 10.1. The van der Waals surface area contributed by atoms with Gasteiger partial charge in [-0.25, -0.2) is 0 Å². The number of rotatable bonds is 5. The maximum absolute atomic E-state index is 11.2. The predicted molar refractivity (Wildman–Crippen MR) is 90.7 cm³/mol. The summed E-state index contributed by atoms with van der Waals surface area (Å²) in [5, 5.41) is 2.72. The van der Waals surface area contributed by atoms with Crippen molar-refractivity contribution in [1.29, 1.82) is 0 Å². The van der Waals surface area contributed by atoms with Crippen molar-refractivity contribution in [3.63, 3.8) is 0 Å². The second kappa shape index (κ2) is 7.38. The molecule has 1 N–H and O–H groups in total. The van der Waals surface area contributed by atoms with E-state index in [0.717, 1.165) is 10.6 Å². The van der Waals surface area contributed by atoms with E-state index in [1.54, 1.807) is 11.8 Å². The van der Waals surface area contributed by atoms with Crippen LogP contribution in [0.4, 0.5) is 11.4 Å². The van der Waals surface area contributed by atoms with Crippen LogP contribution in [0.2, 0.25) is 0 Å². The summed E-state index contributed by atoms with van der Waals surface area (Å²) in [5.41, 5.74) is 1.94. The first-order valence-electron chi connectivity index (χ1n) is 6.49. The smallest absolute Gasteiger partial charge is 0.239 e. The van der Waals surface area contributed by atoms with E-state index in [-0.39, 0.29) is 11.8 Å². The molecule has 21 heavy (non-hydrogen) atoms. The molecule has 0 fully saturated rings. The molecule has 0 aliphatic rings. The summed E-state index contributed by atoms with van der Waals surface area (Å²) in [7, 11) is 4.05. The molecule has 0 aromatic heterocycles. The zero-order valence-electron chi connectivity index (χ0n) is 12.0. The minimum atomic E-state index is -0.198. The molecule has 2 aromatic carbocycles. The van der Waals surface area contributed by atoms with Gasteiger partial charge >= 0.3 is 0 Å². The first-order valence-corrected chi connectivity index (χ1v) is 7.84. The molecular weight excluding hydrogens is 304 g/mol. The molecule has 0 atom stereocenters. The highest BCUT2D eigenvalue weighted by Gasteiger charge is 2.02. The van der Waals surface area contributed by atoms with Crippen molar-refractivity contribution in [1.82, 2.24) is 0 Å². The molecule has 0 aliphatic heterocycles. The number of benzene rings is 2. The van der Waals surface area contributed by atoms with Crippen molar-refractivity contribution in [3.8, 4) is 0 Å². The largest absolute Gasteiger partial charge is 0.378 e. The fourth-order valence-electron chi connectivity index (χ4n) is 1.75. The number of alkyl halides is 1. The highest BCUT2D eigenvalue weighted by Crippen LogP contribution is 2.29. The first kappa shape index (κ1) is 15.7. The Kier molecular flexibility index (Phi) is 5.53. The molecule has 2 aromatic rings. The van der Waals surface area contributed by atoms with Gasteiger partial charge in [0.2, 0.25) is 5.91 Å². The molecule has 0 aliphatic carbocycles. The topological polar surface area (TPSA) is 32.3 Å². The number of anilines is 2. The van der Waals surface area contributed by atoms with Gasteiger partial charge in [-0.2, -0.15) is 0 Å². The lowest BCUT2D eigenvalue weighted by atomic mass is 10.3. The maximum atomic E-state index is 11.2. The quantitative estimate of drug-likeness (QED) is 0.842. The van der Waals surface area contributed by atoms with Crippen LogP contribution >= 0.6 is 23.4 Å². The van der Waals surface area contributed by atoms with Gasteiger partial charge in [-0.3, -0.25) is 4.79 Å². The minimum Gasteiger partial charge on any atom is -0.378 e. The molecule has 110 valence electrons. The van der Waals surface area contributed by atoms with Crippen LogP contribution in [-0.2, 0) is 4.79 Å². The summed E-state index contributed by atoms with van der Waals surface area (Å²) in [6.45, 7) is 0. The van der Waals surface area contributed by atoms with Crippen LogP contribution in [0, 0.1) is 0 Å². The second-order valence-electron chi connectivity index (χ2n) is 4.70. The Bertz CT molecular complexity index is 597. The van der Waals surface area contributed by atoms with Crippen LogP contribution in [-0.4, -0.2) is 25.9 Å². The van der Waals surface area contributed by atoms with Crippen molar-refractivity contribution >= 4 is 40.6 Å².